The number of hydrogen-bond donors (Lipinski definition) is 9. The summed E-state index contributed by atoms with van der Waals surface area (Å²) in [6.07, 6.45) is -1.12. The lowest BCUT2D eigenvalue weighted by molar-refractivity contribution is -0.144. The van der Waals surface area contributed by atoms with Gasteiger partial charge in [-0.05, 0) is 24.1 Å². The van der Waals surface area contributed by atoms with Crippen molar-refractivity contribution in [2.75, 3.05) is 6.61 Å². The summed E-state index contributed by atoms with van der Waals surface area (Å²) in [5.41, 5.74) is 16.3. The average molecular weight is 511 g/mol. The van der Waals surface area contributed by atoms with Gasteiger partial charge >= 0.3 is 5.97 Å². The molecule has 0 radical (unpaired) electrons. The molecule has 4 unspecified atom stereocenters. The number of carbonyl (C=O) groups is 6. The van der Waals surface area contributed by atoms with E-state index in [0.29, 0.717) is 5.56 Å². The van der Waals surface area contributed by atoms with Gasteiger partial charge in [0.05, 0.1) is 19.1 Å². The van der Waals surface area contributed by atoms with Crippen LogP contribution in [0.1, 0.15) is 24.8 Å². The molecule has 15 heteroatoms. The van der Waals surface area contributed by atoms with Crippen molar-refractivity contribution in [3.8, 4) is 5.75 Å². The minimum absolute atomic E-state index is 0.0433. The van der Waals surface area contributed by atoms with Gasteiger partial charge in [0.2, 0.25) is 29.5 Å². The van der Waals surface area contributed by atoms with Crippen LogP contribution in [0.2, 0.25) is 0 Å². The van der Waals surface area contributed by atoms with E-state index in [2.05, 4.69) is 10.6 Å². The van der Waals surface area contributed by atoms with Crippen LogP contribution < -0.4 is 33.2 Å². The first-order valence-electron chi connectivity index (χ1n) is 10.7. The van der Waals surface area contributed by atoms with Gasteiger partial charge in [0, 0.05) is 12.8 Å². The van der Waals surface area contributed by atoms with Crippen molar-refractivity contribution in [1.29, 1.82) is 0 Å². The lowest BCUT2D eigenvalue weighted by Gasteiger charge is -2.24. The molecule has 5 amide bonds. The number of nitrogens with one attached hydrogen (secondary N) is 3. The maximum Gasteiger partial charge on any atom is 0.326 e. The van der Waals surface area contributed by atoms with Gasteiger partial charge in [-0.15, -0.1) is 0 Å². The first-order valence-corrected chi connectivity index (χ1v) is 10.7. The number of aromatic hydroxyl groups is 1. The van der Waals surface area contributed by atoms with Gasteiger partial charge in [0.25, 0.3) is 0 Å². The molecule has 15 nitrogen and oxygen atoms in total. The minimum Gasteiger partial charge on any atom is -0.508 e. The minimum atomic E-state index is -1.70. The van der Waals surface area contributed by atoms with Crippen LogP contribution in [-0.4, -0.2) is 81.6 Å². The predicted molar refractivity (Wildman–Crippen MR) is 123 cm³/mol. The summed E-state index contributed by atoms with van der Waals surface area (Å²) in [4.78, 5) is 71.1. The van der Waals surface area contributed by atoms with Gasteiger partial charge in [-0.25, -0.2) is 4.79 Å². The molecule has 0 fully saturated rings. The van der Waals surface area contributed by atoms with Crippen LogP contribution in [0, 0.1) is 0 Å². The van der Waals surface area contributed by atoms with Crippen molar-refractivity contribution in [1.82, 2.24) is 16.0 Å². The number of primary amides is 2. The Morgan fingerprint density at radius 1 is 0.806 bits per heavy atom. The summed E-state index contributed by atoms with van der Waals surface area (Å²) >= 11 is 0. The lowest BCUT2D eigenvalue weighted by atomic mass is 10.0. The molecule has 0 aromatic heterocycles. The van der Waals surface area contributed by atoms with Crippen molar-refractivity contribution in [2.45, 2.75) is 49.9 Å². The molecule has 0 aliphatic rings. The zero-order valence-electron chi connectivity index (χ0n) is 19.2. The number of benzene rings is 1. The number of aliphatic hydroxyl groups is 1. The molecule has 36 heavy (non-hydrogen) atoms. The third-order valence-corrected chi connectivity index (χ3v) is 4.88. The smallest absolute Gasteiger partial charge is 0.326 e. The molecule has 0 bridgehead atoms. The molecular weight excluding hydrogens is 480 g/mol. The molecule has 0 spiro atoms. The van der Waals surface area contributed by atoms with Gasteiger partial charge in [0.15, 0.2) is 0 Å². The van der Waals surface area contributed by atoms with Crippen molar-refractivity contribution >= 4 is 35.5 Å². The number of hydrogen-bond acceptors (Lipinski definition) is 9. The molecule has 4 atom stereocenters. The van der Waals surface area contributed by atoms with E-state index in [1.807, 2.05) is 5.32 Å². The summed E-state index contributed by atoms with van der Waals surface area (Å²) in [6, 6.07) is -0.205. The highest BCUT2D eigenvalue weighted by Crippen LogP contribution is 2.12. The average Bonchev–Trinajstić information content (AvgIpc) is 2.80. The summed E-state index contributed by atoms with van der Waals surface area (Å²) in [7, 11) is 0. The standard InChI is InChI=1S/C21H30N6O9/c22-12(5-6-16(23)30)18(32)25-13(7-10-1-3-11(29)4-2-10)19(33)27-15(9-28)20(34)26-14(21(35)36)8-17(24)31/h1-4,12-15,28-29H,5-9,22H2,(H2,23,30)(H2,24,31)(H,25,32)(H,26,34)(H,27,33)(H,35,36). The van der Waals surface area contributed by atoms with Crippen LogP contribution in [0.5, 0.6) is 5.75 Å². The predicted octanol–water partition coefficient (Wildman–Crippen LogP) is -4.07. The van der Waals surface area contributed by atoms with E-state index in [-0.39, 0.29) is 25.0 Å². The van der Waals surface area contributed by atoms with E-state index in [4.69, 9.17) is 22.3 Å². The zero-order chi connectivity index (χ0) is 27.4. The molecule has 1 aromatic carbocycles. The van der Waals surface area contributed by atoms with Crippen LogP contribution in [0.4, 0.5) is 0 Å². The van der Waals surface area contributed by atoms with E-state index in [1.165, 1.54) is 24.3 Å². The Bertz CT molecular complexity index is 969. The third kappa shape index (κ3) is 10.4. The molecule has 1 rings (SSSR count). The van der Waals surface area contributed by atoms with E-state index < -0.39 is 72.7 Å². The molecule has 198 valence electrons. The number of rotatable bonds is 15. The Hall–Kier alpha value is -4.24. The number of phenols is 1. The number of aliphatic hydroxyl groups excluding tert-OH is 1. The Morgan fingerprint density at radius 2 is 1.33 bits per heavy atom. The van der Waals surface area contributed by atoms with Gasteiger partial charge < -0.3 is 48.5 Å². The van der Waals surface area contributed by atoms with E-state index in [1.54, 1.807) is 0 Å². The monoisotopic (exact) mass is 510 g/mol. The Kier molecular flexibility index (Phi) is 11.8. The Balaban J connectivity index is 3.02. The number of aliphatic carboxylic acids is 1. The van der Waals surface area contributed by atoms with Gasteiger partial charge in [0.1, 0.15) is 23.9 Å². The first kappa shape index (κ1) is 29.8. The number of nitrogens with two attached hydrogens (primary N) is 3. The fourth-order valence-electron chi connectivity index (χ4n) is 2.92. The summed E-state index contributed by atoms with van der Waals surface area (Å²) in [6.45, 7) is -0.946. The Labute approximate surface area is 205 Å². The largest absolute Gasteiger partial charge is 0.508 e. The second-order valence-corrected chi connectivity index (χ2v) is 7.86. The van der Waals surface area contributed by atoms with Crippen LogP contribution in [-0.2, 0) is 35.2 Å². The molecular formula is C21H30N6O9. The van der Waals surface area contributed by atoms with Crippen LogP contribution in [0.15, 0.2) is 24.3 Å². The van der Waals surface area contributed by atoms with E-state index in [0.717, 1.165) is 0 Å². The fraction of sp³-hybridized carbons (Fsp3) is 0.429. The number of carboxylic acid groups (broad SMARTS) is 1. The first-order chi connectivity index (χ1) is 16.8. The van der Waals surface area contributed by atoms with Crippen molar-refractivity contribution < 1.29 is 44.1 Å². The summed E-state index contributed by atoms with van der Waals surface area (Å²) in [5, 5.41) is 34.8. The Morgan fingerprint density at radius 3 is 1.83 bits per heavy atom. The van der Waals surface area contributed by atoms with Crippen LogP contribution in [0.25, 0.3) is 0 Å². The molecule has 0 aliphatic heterocycles. The molecule has 0 aliphatic carbocycles. The zero-order valence-corrected chi connectivity index (χ0v) is 19.2. The highest BCUT2D eigenvalue weighted by molar-refractivity contribution is 5.95. The highest BCUT2D eigenvalue weighted by atomic mass is 16.4. The van der Waals surface area contributed by atoms with Crippen molar-refractivity contribution in [3.05, 3.63) is 29.8 Å². The molecule has 0 heterocycles. The maximum absolute atomic E-state index is 12.9. The van der Waals surface area contributed by atoms with E-state index >= 15 is 0 Å². The van der Waals surface area contributed by atoms with Crippen LogP contribution in [0.3, 0.4) is 0 Å². The quantitative estimate of drug-likeness (QED) is 0.110. The van der Waals surface area contributed by atoms with Gasteiger partial charge in [-0.1, -0.05) is 12.1 Å². The van der Waals surface area contributed by atoms with Crippen molar-refractivity contribution in [3.63, 3.8) is 0 Å². The molecule has 12 N–H and O–H groups in total. The molecule has 0 saturated heterocycles. The number of amides is 5. The number of carboxylic acids is 1. The SMILES string of the molecule is NC(=O)CCC(N)C(=O)NC(Cc1ccc(O)cc1)C(=O)NC(CO)C(=O)NC(CC(N)=O)C(=O)O. The second-order valence-electron chi connectivity index (χ2n) is 7.86. The lowest BCUT2D eigenvalue weighted by Crippen LogP contribution is -2.58. The number of carbonyl (C=O) groups excluding carboxylic acids is 5. The van der Waals surface area contributed by atoms with E-state index in [9.17, 15) is 39.0 Å². The molecule has 1 aromatic rings. The number of phenolic OH excluding ortho intramolecular Hbond substituents is 1. The summed E-state index contributed by atoms with van der Waals surface area (Å²) < 4.78 is 0. The topological polar surface area (TPSA) is 277 Å². The van der Waals surface area contributed by atoms with Gasteiger partial charge in [-0.2, -0.15) is 0 Å². The maximum atomic E-state index is 12.9. The normalized spacial score (nSPS) is 13.9. The molecule has 0 saturated carbocycles. The van der Waals surface area contributed by atoms with Crippen molar-refractivity contribution in [2.24, 2.45) is 17.2 Å². The van der Waals surface area contributed by atoms with Gasteiger partial charge in [-0.3, -0.25) is 24.0 Å². The third-order valence-electron chi connectivity index (χ3n) is 4.88. The second kappa shape index (κ2) is 14.2. The fourth-order valence-corrected chi connectivity index (χ4v) is 2.92. The van der Waals surface area contributed by atoms with Crippen LogP contribution >= 0.6 is 0 Å². The highest BCUT2D eigenvalue weighted by Gasteiger charge is 2.30. The summed E-state index contributed by atoms with van der Waals surface area (Å²) in [5.74, 6) is -6.14.